The molecule has 25 heavy (non-hydrogen) atoms. The van der Waals surface area contributed by atoms with Crippen LogP contribution in [0.2, 0.25) is 0 Å². The molecule has 2 aliphatic rings. The SMILES string of the molecule is Cc1[nH]c2ccc(C(=O)N3CCN(C[C@@H]4CCCO4)CC3)cc2c1C. The molecule has 1 amide bonds. The van der Waals surface area contributed by atoms with E-state index in [1.165, 1.54) is 24.1 Å². The first-order chi connectivity index (χ1) is 12.1. The zero-order valence-corrected chi connectivity index (χ0v) is 15.2. The monoisotopic (exact) mass is 341 g/mol. The number of nitrogens with zero attached hydrogens (tertiary/aromatic N) is 2. The number of nitrogens with one attached hydrogen (secondary N) is 1. The smallest absolute Gasteiger partial charge is 0.253 e. The maximum absolute atomic E-state index is 12.9. The van der Waals surface area contributed by atoms with Gasteiger partial charge in [0, 0.05) is 61.5 Å². The summed E-state index contributed by atoms with van der Waals surface area (Å²) in [4.78, 5) is 20.7. The van der Waals surface area contributed by atoms with Crippen molar-refractivity contribution in [2.45, 2.75) is 32.8 Å². The number of fused-ring (bicyclic) bond motifs is 1. The topological polar surface area (TPSA) is 48.6 Å². The minimum absolute atomic E-state index is 0.150. The largest absolute Gasteiger partial charge is 0.377 e. The Kier molecular flexibility index (Phi) is 4.52. The van der Waals surface area contributed by atoms with Gasteiger partial charge in [-0.25, -0.2) is 0 Å². The first-order valence-corrected chi connectivity index (χ1v) is 9.34. The van der Waals surface area contributed by atoms with Crippen LogP contribution < -0.4 is 0 Å². The van der Waals surface area contributed by atoms with Crippen molar-refractivity contribution in [1.82, 2.24) is 14.8 Å². The summed E-state index contributed by atoms with van der Waals surface area (Å²) in [6.45, 7) is 9.57. The van der Waals surface area contributed by atoms with Crippen molar-refractivity contribution in [3.63, 3.8) is 0 Å². The fraction of sp³-hybridized carbons (Fsp3) is 0.550. The number of rotatable bonds is 3. The zero-order valence-electron chi connectivity index (χ0n) is 15.2. The number of carbonyl (C=O) groups excluding carboxylic acids is 1. The Balaban J connectivity index is 1.40. The molecule has 134 valence electrons. The van der Waals surface area contributed by atoms with Gasteiger partial charge in [-0.05, 0) is 50.5 Å². The van der Waals surface area contributed by atoms with E-state index < -0.39 is 0 Å². The van der Waals surface area contributed by atoms with E-state index in [-0.39, 0.29) is 5.91 Å². The Morgan fingerprint density at radius 2 is 2.04 bits per heavy atom. The van der Waals surface area contributed by atoms with Crippen LogP contribution >= 0.6 is 0 Å². The Labute approximate surface area is 148 Å². The molecule has 1 atom stereocenters. The standard InChI is InChI=1S/C20H27N3O2/c1-14-15(2)21-19-6-5-16(12-18(14)19)20(24)23-9-7-22(8-10-23)13-17-4-3-11-25-17/h5-6,12,17,21H,3-4,7-11,13H2,1-2H3/t17-/m0/s1. The van der Waals surface area contributed by atoms with Crippen LogP contribution in [0.25, 0.3) is 10.9 Å². The summed E-state index contributed by atoms with van der Waals surface area (Å²) in [5.41, 5.74) is 4.29. The van der Waals surface area contributed by atoms with Gasteiger partial charge < -0.3 is 14.6 Å². The molecule has 5 nitrogen and oxygen atoms in total. The number of hydrogen-bond acceptors (Lipinski definition) is 3. The number of aromatic amines is 1. The minimum Gasteiger partial charge on any atom is -0.377 e. The summed E-state index contributed by atoms with van der Waals surface area (Å²) in [6, 6.07) is 6.00. The molecule has 2 aromatic rings. The van der Waals surface area contributed by atoms with E-state index in [1.807, 2.05) is 23.1 Å². The lowest BCUT2D eigenvalue weighted by Crippen LogP contribution is -2.50. The van der Waals surface area contributed by atoms with E-state index in [0.717, 1.165) is 55.8 Å². The van der Waals surface area contributed by atoms with Gasteiger partial charge >= 0.3 is 0 Å². The van der Waals surface area contributed by atoms with Crippen molar-refractivity contribution < 1.29 is 9.53 Å². The third kappa shape index (κ3) is 3.31. The summed E-state index contributed by atoms with van der Waals surface area (Å²) in [5.74, 6) is 0.150. The van der Waals surface area contributed by atoms with Crippen molar-refractivity contribution in [3.8, 4) is 0 Å². The summed E-state index contributed by atoms with van der Waals surface area (Å²) >= 11 is 0. The molecule has 0 bridgehead atoms. The van der Waals surface area contributed by atoms with Crippen molar-refractivity contribution in [2.75, 3.05) is 39.3 Å². The molecule has 1 N–H and O–H groups in total. The lowest BCUT2D eigenvalue weighted by atomic mass is 10.1. The molecule has 3 heterocycles. The normalized spacial score (nSPS) is 22.0. The number of amides is 1. The molecule has 1 aromatic carbocycles. The van der Waals surface area contributed by atoms with Gasteiger partial charge in [0.05, 0.1) is 6.10 Å². The van der Waals surface area contributed by atoms with Crippen LogP contribution in [-0.2, 0) is 4.74 Å². The maximum Gasteiger partial charge on any atom is 0.253 e. The van der Waals surface area contributed by atoms with E-state index >= 15 is 0 Å². The number of H-pyrrole nitrogens is 1. The number of benzene rings is 1. The van der Waals surface area contributed by atoms with Gasteiger partial charge in [0.15, 0.2) is 0 Å². The molecule has 0 unspecified atom stereocenters. The fourth-order valence-electron chi connectivity index (χ4n) is 3.99. The second-order valence-electron chi connectivity index (χ2n) is 7.36. The quantitative estimate of drug-likeness (QED) is 0.934. The molecular weight excluding hydrogens is 314 g/mol. The minimum atomic E-state index is 0.150. The van der Waals surface area contributed by atoms with Crippen LogP contribution in [0, 0.1) is 13.8 Å². The van der Waals surface area contributed by atoms with Gasteiger partial charge in [-0.2, -0.15) is 0 Å². The van der Waals surface area contributed by atoms with Crippen LogP contribution in [0.15, 0.2) is 18.2 Å². The Bertz CT molecular complexity index is 769. The summed E-state index contributed by atoms with van der Waals surface area (Å²) < 4.78 is 5.73. The molecule has 0 aliphatic carbocycles. The number of aryl methyl sites for hydroxylation is 2. The third-order valence-corrected chi connectivity index (χ3v) is 5.70. The van der Waals surface area contributed by atoms with Crippen LogP contribution in [0.5, 0.6) is 0 Å². The summed E-state index contributed by atoms with van der Waals surface area (Å²) in [7, 11) is 0. The predicted octanol–water partition coefficient (Wildman–Crippen LogP) is 2.72. The lowest BCUT2D eigenvalue weighted by Gasteiger charge is -2.35. The van der Waals surface area contributed by atoms with Gasteiger partial charge in [-0.1, -0.05) is 0 Å². The highest BCUT2D eigenvalue weighted by atomic mass is 16.5. The molecule has 0 saturated carbocycles. The highest BCUT2D eigenvalue weighted by Crippen LogP contribution is 2.23. The van der Waals surface area contributed by atoms with E-state index in [9.17, 15) is 4.79 Å². The van der Waals surface area contributed by atoms with Crippen LogP contribution in [0.3, 0.4) is 0 Å². The van der Waals surface area contributed by atoms with E-state index in [4.69, 9.17) is 4.74 Å². The Hall–Kier alpha value is -1.85. The number of hydrogen-bond donors (Lipinski definition) is 1. The molecule has 0 radical (unpaired) electrons. The number of ether oxygens (including phenoxy) is 1. The van der Waals surface area contributed by atoms with E-state index in [0.29, 0.717) is 6.10 Å². The van der Waals surface area contributed by atoms with Gasteiger partial charge in [-0.15, -0.1) is 0 Å². The highest BCUT2D eigenvalue weighted by molar-refractivity contribution is 5.99. The van der Waals surface area contributed by atoms with Gasteiger partial charge in [-0.3, -0.25) is 9.69 Å². The molecule has 1 aromatic heterocycles. The lowest BCUT2D eigenvalue weighted by molar-refractivity contribution is 0.0433. The number of piperazine rings is 1. The molecule has 2 saturated heterocycles. The fourth-order valence-corrected chi connectivity index (χ4v) is 3.99. The Morgan fingerprint density at radius 3 is 2.76 bits per heavy atom. The summed E-state index contributed by atoms with van der Waals surface area (Å²) in [5, 5.41) is 1.15. The van der Waals surface area contributed by atoms with Gasteiger partial charge in [0.25, 0.3) is 5.91 Å². The molecule has 0 spiro atoms. The highest BCUT2D eigenvalue weighted by Gasteiger charge is 2.25. The maximum atomic E-state index is 12.9. The van der Waals surface area contributed by atoms with Gasteiger partial charge in [0.2, 0.25) is 0 Å². The number of aromatic nitrogens is 1. The van der Waals surface area contributed by atoms with Crippen molar-refractivity contribution in [2.24, 2.45) is 0 Å². The van der Waals surface area contributed by atoms with Crippen LogP contribution in [0.4, 0.5) is 0 Å². The second-order valence-corrected chi connectivity index (χ2v) is 7.36. The first-order valence-electron chi connectivity index (χ1n) is 9.34. The number of carbonyl (C=O) groups is 1. The predicted molar refractivity (Wildman–Crippen MR) is 99.1 cm³/mol. The zero-order chi connectivity index (χ0) is 17.4. The molecule has 2 fully saturated rings. The van der Waals surface area contributed by atoms with Crippen LogP contribution in [-0.4, -0.2) is 66.1 Å². The van der Waals surface area contributed by atoms with Crippen molar-refractivity contribution >= 4 is 16.8 Å². The Morgan fingerprint density at radius 1 is 1.24 bits per heavy atom. The first kappa shape index (κ1) is 16.6. The van der Waals surface area contributed by atoms with E-state index in [2.05, 4.69) is 23.7 Å². The molecule has 5 heteroatoms. The molecule has 2 aliphatic heterocycles. The van der Waals surface area contributed by atoms with E-state index in [1.54, 1.807) is 0 Å². The van der Waals surface area contributed by atoms with Crippen molar-refractivity contribution in [3.05, 3.63) is 35.0 Å². The van der Waals surface area contributed by atoms with Crippen LogP contribution in [0.1, 0.15) is 34.5 Å². The average molecular weight is 341 g/mol. The average Bonchev–Trinajstić information content (AvgIpc) is 3.23. The second kappa shape index (κ2) is 6.81. The third-order valence-electron chi connectivity index (χ3n) is 5.70. The van der Waals surface area contributed by atoms with Crippen molar-refractivity contribution in [1.29, 1.82) is 0 Å². The van der Waals surface area contributed by atoms with Gasteiger partial charge in [0.1, 0.15) is 0 Å². The summed E-state index contributed by atoms with van der Waals surface area (Å²) in [6.07, 6.45) is 2.75. The molecular formula is C20H27N3O2. The molecule has 4 rings (SSSR count).